The molecule has 6 nitrogen and oxygen atoms in total. The highest BCUT2D eigenvalue weighted by atomic mass is 127. The molecule has 3 rings (SSSR count). The Morgan fingerprint density at radius 2 is 1.79 bits per heavy atom. The fourth-order valence-electron chi connectivity index (χ4n) is 2.81. The molecule has 166 valence electrons. The number of carboxylic acids is 1. The third-order valence-electron chi connectivity index (χ3n) is 4.39. The van der Waals surface area contributed by atoms with Crippen molar-refractivity contribution in [1.29, 1.82) is 5.26 Å². The summed E-state index contributed by atoms with van der Waals surface area (Å²) in [6.45, 7) is 0.0646. The van der Waals surface area contributed by atoms with Crippen molar-refractivity contribution in [3.63, 3.8) is 0 Å². The summed E-state index contributed by atoms with van der Waals surface area (Å²) >= 11 is 4.15. The number of hydrogen-bond donors (Lipinski definition) is 2. The number of anilines is 1. The zero-order valence-electron chi connectivity index (χ0n) is 16.8. The van der Waals surface area contributed by atoms with Crippen LogP contribution in [0.4, 0.5) is 10.1 Å². The third kappa shape index (κ3) is 6.52. The van der Waals surface area contributed by atoms with Gasteiger partial charge in [0.2, 0.25) is 0 Å². The lowest BCUT2D eigenvalue weighted by atomic mass is 10.1. The SMILES string of the molecule is N#C/C(=C/c1cc(I)c(OCc2ccccc2F)c(I)c1)C(=O)Nc1cccc(C(=O)O)c1. The summed E-state index contributed by atoms with van der Waals surface area (Å²) in [7, 11) is 0. The van der Waals surface area contributed by atoms with E-state index in [0.29, 0.717) is 16.9 Å². The lowest BCUT2D eigenvalue weighted by Crippen LogP contribution is -2.14. The number of carbonyl (C=O) groups is 2. The van der Waals surface area contributed by atoms with Gasteiger partial charge in [0, 0.05) is 11.3 Å². The van der Waals surface area contributed by atoms with Crippen LogP contribution in [0.15, 0.2) is 66.2 Å². The van der Waals surface area contributed by atoms with Crippen molar-refractivity contribution in [2.24, 2.45) is 0 Å². The predicted molar refractivity (Wildman–Crippen MR) is 138 cm³/mol. The van der Waals surface area contributed by atoms with E-state index >= 15 is 0 Å². The minimum absolute atomic E-state index is 0.0189. The lowest BCUT2D eigenvalue weighted by molar-refractivity contribution is -0.112. The molecule has 0 saturated carbocycles. The lowest BCUT2D eigenvalue weighted by Gasteiger charge is -2.12. The van der Waals surface area contributed by atoms with E-state index in [1.54, 1.807) is 30.3 Å². The Morgan fingerprint density at radius 3 is 2.42 bits per heavy atom. The van der Waals surface area contributed by atoms with E-state index in [1.165, 1.54) is 36.4 Å². The minimum Gasteiger partial charge on any atom is -0.487 e. The molecule has 0 aromatic heterocycles. The molecule has 1 amide bonds. The number of nitrogens with zero attached hydrogens (tertiary/aromatic N) is 1. The number of carboxylic acid groups (broad SMARTS) is 1. The molecule has 9 heteroatoms. The number of aromatic carboxylic acids is 1. The zero-order valence-corrected chi connectivity index (χ0v) is 21.1. The highest BCUT2D eigenvalue weighted by Crippen LogP contribution is 2.31. The number of carbonyl (C=O) groups excluding carboxylic acids is 1. The highest BCUT2D eigenvalue weighted by Gasteiger charge is 2.14. The molecule has 0 unspecified atom stereocenters. The molecule has 3 aromatic rings. The summed E-state index contributed by atoms with van der Waals surface area (Å²) < 4.78 is 21.1. The van der Waals surface area contributed by atoms with Crippen LogP contribution in [0.5, 0.6) is 5.75 Å². The van der Waals surface area contributed by atoms with Gasteiger partial charge in [0.1, 0.15) is 29.8 Å². The Hall–Kier alpha value is -2.98. The van der Waals surface area contributed by atoms with Crippen molar-refractivity contribution in [3.8, 4) is 11.8 Å². The van der Waals surface area contributed by atoms with Gasteiger partial charge in [-0.3, -0.25) is 4.79 Å². The molecule has 3 aromatic carbocycles. The number of nitriles is 1. The van der Waals surface area contributed by atoms with Gasteiger partial charge in [-0.25, -0.2) is 9.18 Å². The van der Waals surface area contributed by atoms with Crippen molar-refractivity contribution >= 4 is 68.8 Å². The van der Waals surface area contributed by atoms with E-state index in [-0.39, 0.29) is 29.2 Å². The van der Waals surface area contributed by atoms with Crippen LogP contribution < -0.4 is 10.1 Å². The van der Waals surface area contributed by atoms with E-state index < -0.39 is 11.9 Å². The van der Waals surface area contributed by atoms with Crippen LogP contribution in [0, 0.1) is 24.3 Å². The average Bonchev–Trinajstić information content (AvgIpc) is 2.78. The first kappa shape index (κ1) is 24.7. The van der Waals surface area contributed by atoms with E-state index in [1.807, 2.05) is 6.07 Å². The molecule has 0 radical (unpaired) electrons. The van der Waals surface area contributed by atoms with Gasteiger partial charge in [-0.1, -0.05) is 24.3 Å². The first-order valence-corrected chi connectivity index (χ1v) is 11.6. The standard InChI is InChI=1S/C24H15FI2N2O4/c25-19-7-2-1-4-16(19)13-33-22-20(26)9-14(10-21(22)27)8-17(12-28)23(30)29-18-6-3-5-15(11-18)24(31)32/h1-11H,13H2,(H,29,30)(H,31,32)/b17-8-. The van der Waals surface area contributed by atoms with Crippen molar-refractivity contribution < 1.29 is 23.8 Å². The number of amides is 1. The smallest absolute Gasteiger partial charge is 0.335 e. The maximum atomic E-state index is 13.8. The fourth-order valence-corrected chi connectivity index (χ4v) is 4.94. The van der Waals surface area contributed by atoms with Gasteiger partial charge in [0.05, 0.1) is 12.7 Å². The number of nitrogens with one attached hydrogen (secondary N) is 1. The Balaban J connectivity index is 1.79. The second-order valence-electron chi connectivity index (χ2n) is 6.70. The van der Waals surface area contributed by atoms with Crippen LogP contribution in [0.1, 0.15) is 21.5 Å². The van der Waals surface area contributed by atoms with Crippen molar-refractivity contribution in [2.45, 2.75) is 6.61 Å². The van der Waals surface area contributed by atoms with Gasteiger partial charge < -0.3 is 15.2 Å². The molecule has 33 heavy (non-hydrogen) atoms. The molecule has 0 aliphatic carbocycles. The topological polar surface area (TPSA) is 99.4 Å². The second-order valence-corrected chi connectivity index (χ2v) is 9.03. The summed E-state index contributed by atoms with van der Waals surface area (Å²) in [4.78, 5) is 23.6. The number of rotatable bonds is 7. The van der Waals surface area contributed by atoms with Gasteiger partial charge >= 0.3 is 5.97 Å². The summed E-state index contributed by atoms with van der Waals surface area (Å²) in [5, 5.41) is 21.1. The summed E-state index contributed by atoms with van der Waals surface area (Å²) in [5.74, 6) is -1.56. The second kappa shape index (κ2) is 11.2. The summed E-state index contributed by atoms with van der Waals surface area (Å²) in [5.41, 5.74) is 1.17. The molecule has 0 aliphatic rings. The normalized spacial score (nSPS) is 10.9. The van der Waals surface area contributed by atoms with Gasteiger partial charge in [-0.05, 0) is 93.2 Å². The van der Waals surface area contributed by atoms with E-state index in [2.05, 4.69) is 50.5 Å². The number of halogens is 3. The Kier molecular flexibility index (Phi) is 8.40. The Morgan fingerprint density at radius 1 is 1.09 bits per heavy atom. The zero-order chi connectivity index (χ0) is 24.0. The Labute approximate surface area is 216 Å². The van der Waals surface area contributed by atoms with Crippen LogP contribution in [-0.4, -0.2) is 17.0 Å². The van der Waals surface area contributed by atoms with Crippen molar-refractivity contribution in [3.05, 3.63) is 95.9 Å². The summed E-state index contributed by atoms with van der Waals surface area (Å²) in [6.07, 6.45) is 1.43. The molecule has 0 bridgehead atoms. The molecule has 0 fully saturated rings. The first-order chi connectivity index (χ1) is 15.8. The van der Waals surface area contributed by atoms with Crippen LogP contribution >= 0.6 is 45.2 Å². The molecule has 0 spiro atoms. The molecular weight excluding hydrogens is 653 g/mol. The van der Waals surface area contributed by atoms with E-state index in [0.717, 1.165) is 7.14 Å². The highest BCUT2D eigenvalue weighted by molar-refractivity contribution is 14.1. The fraction of sp³-hybridized carbons (Fsp3) is 0.0417. The van der Waals surface area contributed by atoms with Crippen LogP contribution in [-0.2, 0) is 11.4 Å². The maximum absolute atomic E-state index is 13.8. The third-order valence-corrected chi connectivity index (χ3v) is 6.00. The van der Waals surface area contributed by atoms with E-state index in [9.17, 15) is 19.2 Å². The molecule has 0 saturated heterocycles. The predicted octanol–water partition coefficient (Wildman–Crippen LogP) is 5.86. The maximum Gasteiger partial charge on any atom is 0.335 e. The van der Waals surface area contributed by atoms with Crippen LogP contribution in [0.25, 0.3) is 6.08 Å². The van der Waals surface area contributed by atoms with Crippen LogP contribution in [0.2, 0.25) is 0 Å². The van der Waals surface area contributed by atoms with Gasteiger partial charge in [-0.2, -0.15) is 5.26 Å². The van der Waals surface area contributed by atoms with Gasteiger partial charge in [0.15, 0.2) is 0 Å². The summed E-state index contributed by atoms with van der Waals surface area (Å²) in [6, 6.07) is 17.5. The molecular formula is C24H15FI2N2O4. The molecule has 0 heterocycles. The van der Waals surface area contributed by atoms with E-state index in [4.69, 9.17) is 9.84 Å². The van der Waals surface area contributed by atoms with Crippen LogP contribution in [0.3, 0.4) is 0 Å². The number of benzene rings is 3. The Bertz CT molecular complexity index is 1280. The quantitative estimate of drug-likeness (QED) is 0.187. The van der Waals surface area contributed by atoms with Gasteiger partial charge in [-0.15, -0.1) is 0 Å². The average molecular weight is 668 g/mol. The molecule has 0 atom stereocenters. The first-order valence-electron chi connectivity index (χ1n) is 9.40. The molecule has 0 aliphatic heterocycles. The molecule has 2 N–H and O–H groups in total. The van der Waals surface area contributed by atoms with Gasteiger partial charge in [0.25, 0.3) is 5.91 Å². The van der Waals surface area contributed by atoms with Crippen molar-refractivity contribution in [1.82, 2.24) is 0 Å². The minimum atomic E-state index is -1.12. The van der Waals surface area contributed by atoms with Crippen molar-refractivity contribution in [2.75, 3.05) is 5.32 Å². The number of hydrogen-bond acceptors (Lipinski definition) is 4. The monoisotopic (exact) mass is 668 g/mol. The largest absolute Gasteiger partial charge is 0.487 e. The number of ether oxygens (including phenoxy) is 1.